The summed E-state index contributed by atoms with van der Waals surface area (Å²) < 4.78 is 2.20. The molecule has 114 valence electrons. The summed E-state index contributed by atoms with van der Waals surface area (Å²) in [5.74, 6) is -0.952. The smallest absolute Gasteiger partial charge is 0.262 e. The van der Waals surface area contributed by atoms with Crippen molar-refractivity contribution in [2.24, 2.45) is 0 Å². The summed E-state index contributed by atoms with van der Waals surface area (Å²) in [5.41, 5.74) is 4.21. The van der Waals surface area contributed by atoms with Gasteiger partial charge in [-0.15, -0.1) is 11.3 Å². The molecule has 0 spiro atoms. The average molecular weight is 382 g/mol. The van der Waals surface area contributed by atoms with E-state index in [4.69, 9.17) is 0 Å². The number of hydrogen-bond acceptors (Lipinski definition) is 4. The second kappa shape index (κ2) is 7.71. The number of nitrogens with zero attached hydrogens (tertiary/aromatic N) is 1. The fourth-order valence-electron chi connectivity index (χ4n) is 1.53. The van der Waals surface area contributed by atoms with Crippen LogP contribution in [0, 0.1) is 0 Å². The number of pyridine rings is 1. The van der Waals surface area contributed by atoms with Gasteiger partial charge in [0.25, 0.3) is 17.4 Å². The highest BCUT2D eigenvalue weighted by Crippen LogP contribution is 2.22. The summed E-state index contributed by atoms with van der Waals surface area (Å²) in [5, 5.41) is 0. The number of rotatable bonds is 4. The lowest BCUT2D eigenvalue weighted by molar-refractivity contribution is -0.127. The van der Waals surface area contributed by atoms with Crippen molar-refractivity contribution in [1.82, 2.24) is 15.4 Å². The summed E-state index contributed by atoms with van der Waals surface area (Å²) in [4.78, 5) is 35.5. The topological polar surface area (TPSA) is 80.2 Å². The van der Waals surface area contributed by atoms with Gasteiger partial charge in [-0.2, -0.15) is 0 Å². The van der Waals surface area contributed by atoms with Crippen LogP contribution >= 0.6 is 27.3 Å². The van der Waals surface area contributed by atoms with Crippen LogP contribution in [0.25, 0.3) is 6.08 Å². The van der Waals surface area contributed by atoms with Gasteiger partial charge in [0.1, 0.15) is 6.54 Å². The third-order valence-electron chi connectivity index (χ3n) is 2.53. The first kappa shape index (κ1) is 16.2. The minimum atomic E-state index is -0.492. The van der Waals surface area contributed by atoms with Crippen molar-refractivity contribution >= 4 is 45.2 Å². The van der Waals surface area contributed by atoms with Crippen LogP contribution in [-0.4, -0.2) is 16.4 Å². The Bertz CT molecular complexity index is 766. The number of aromatic nitrogens is 1. The molecule has 0 aromatic carbocycles. The highest BCUT2D eigenvalue weighted by molar-refractivity contribution is 9.11. The number of carbonyl (C=O) groups is 2. The van der Waals surface area contributed by atoms with Crippen molar-refractivity contribution in [3.63, 3.8) is 0 Å². The van der Waals surface area contributed by atoms with Gasteiger partial charge in [0.05, 0.1) is 3.79 Å². The Morgan fingerprint density at radius 1 is 1.23 bits per heavy atom. The molecule has 2 N–H and O–H groups in total. The van der Waals surface area contributed by atoms with Crippen LogP contribution in [0.3, 0.4) is 0 Å². The Labute approximate surface area is 138 Å². The lowest BCUT2D eigenvalue weighted by Crippen LogP contribution is -2.43. The minimum Gasteiger partial charge on any atom is -0.306 e. The SMILES string of the molecule is O=C(/C=C/c1ccc(Br)s1)NNC(=O)Cn1ccccc1=O. The Hall–Kier alpha value is -2.19. The second-order valence-electron chi connectivity index (χ2n) is 4.18. The van der Waals surface area contributed by atoms with E-state index >= 15 is 0 Å². The van der Waals surface area contributed by atoms with Crippen molar-refractivity contribution in [3.05, 3.63) is 61.6 Å². The largest absolute Gasteiger partial charge is 0.306 e. The predicted octanol–water partition coefficient (Wildman–Crippen LogP) is 1.53. The maximum absolute atomic E-state index is 11.6. The van der Waals surface area contributed by atoms with Gasteiger partial charge < -0.3 is 4.57 Å². The third kappa shape index (κ3) is 4.97. The zero-order valence-corrected chi connectivity index (χ0v) is 13.7. The van der Waals surface area contributed by atoms with Gasteiger partial charge >= 0.3 is 0 Å². The van der Waals surface area contributed by atoms with Crippen LogP contribution in [0.15, 0.2) is 51.2 Å². The Kier molecular flexibility index (Phi) is 5.68. The first-order chi connectivity index (χ1) is 10.5. The highest BCUT2D eigenvalue weighted by Gasteiger charge is 2.04. The molecule has 0 unspecified atom stereocenters. The number of halogens is 1. The average Bonchev–Trinajstić information content (AvgIpc) is 2.91. The molecule has 0 saturated carbocycles. The summed E-state index contributed by atoms with van der Waals surface area (Å²) >= 11 is 4.81. The minimum absolute atomic E-state index is 0.165. The Balaban J connectivity index is 1.81. The van der Waals surface area contributed by atoms with E-state index in [0.717, 1.165) is 8.66 Å². The molecular formula is C14H12BrN3O3S. The van der Waals surface area contributed by atoms with Crippen LogP contribution in [0.1, 0.15) is 4.88 Å². The summed E-state index contributed by atoms with van der Waals surface area (Å²) in [6, 6.07) is 8.33. The number of nitrogens with one attached hydrogen (secondary N) is 2. The van der Waals surface area contributed by atoms with Crippen molar-refractivity contribution in [3.8, 4) is 0 Å². The highest BCUT2D eigenvalue weighted by atomic mass is 79.9. The van der Waals surface area contributed by atoms with Gasteiger partial charge in [-0.1, -0.05) is 6.07 Å². The molecule has 0 aliphatic rings. The van der Waals surface area contributed by atoms with E-state index in [1.807, 2.05) is 12.1 Å². The first-order valence-corrected chi connectivity index (χ1v) is 7.83. The molecule has 2 amide bonds. The standard InChI is InChI=1S/C14H12BrN3O3S/c15-11-6-4-10(22-11)5-7-12(19)16-17-13(20)9-18-8-2-1-3-14(18)21/h1-8H,9H2,(H,16,19)(H,17,20)/b7-5+. The molecule has 0 aliphatic heterocycles. The molecule has 2 rings (SSSR count). The van der Waals surface area contributed by atoms with Gasteiger partial charge in [0.15, 0.2) is 0 Å². The first-order valence-electron chi connectivity index (χ1n) is 6.22. The molecule has 0 bridgehead atoms. The molecule has 0 aliphatic carbocycles. The zero-order chi connectivity index (χ0) is 15.9. The number of thiophene rings is 1. The zero-order valence-electron chi connectivity index (χ0n) is 11.3. The van der Waals surface area contributed by atoms with Gasteiger partial charge in [-0.25, -0.2) is 0 Å². The molecule has 6 nitrogen and oxygen atoms in total. The number of amides is 2. The van der Waals surface area contributed by atoms with Crippen molar-refractivity contribution in [2.75, 3.05) is 0 Å². The maximum Gasteiger partial charge on any atom is 0.262 e. The van der Waals surface area contributed by atoms with Crippen molar-refractivity contribution < 1.29 is 9.59 Å². The van der Waals surface area contributed by atoms with E-state index in [9.17, 15) is 14.4 Å². The van der Waals surface area contributed by atoms with Crippen LogP contribution in [0.4, 0.5) is 0 Å². The lowest BCUT2D eigenvalue weighted by atomic mass is 10.4. The molecule has 2 aromatic rings. The third-order valence-corrected chi connectivity index (χ3v) is 4.12. The van der Waals surface area contributed by atoms with E-state index in [-0.39, 0.29) is 12.1 Å². The maximum atomic E-state index is 11.6. The van der Waals surface area contributed by atoms with Crippen LogP contribution in [0.5, 0.6) is 0 Å². The molecule has 0 fully saturated rings. The lowest BCUT2D eigenvalue weighted by Gasteiger charge is -2.06. The molecule has 0 atom stereocenters. The Morgan fingerprint density at radius 3 is 2.73 bits per heavy atom. The van der Waals surface area contributed by atoms with Crippen LogP contribution < -0.4 is 16.4 Å². The fraction of sp³-hybridized carbons (Fsp3) is 0.0714. The van der Waals surface area contributed by atoms with E-state index in [2.05, 4.69) is 26.8 Å². The molecule has 0 radical (unpaired) electrons. The molecule has 22 heavy (non-hydrogen) atoms. The van der Waals surface area contributed by atoms with E-state index in [1.54, 1.807) is 18.2 Å². The van der Waals surface area contributed by atoms with E-state index in [1.165, 1.54) is 34.2 Å². The number of hydrazine groups is 1. The Morgan fingerprint density at radius 2 is 2.05 bits per heavy atom. The quantitative estimate of drug-likeness (QED) is 0.622. The predicted molar refractivity (Wildman–Crippen MR) is 88.0 cm³/mol. The summed E-state index contributed by atoms with van der Waals surface area (Å²) in [6.07, 6.45) is 4.45. The van der Waals surface area contributed by atoms with E-state index < -0.39 is 11.8 Å². The van der Waals surface area contributed by atoms with Crippen LogP contribution in [-0.2, 0) is 16.1 Å². The normalized spacial score (nSPS) is 10.6. The summed E-state index contributed by atoms with van der Waals surface area (Å²) in [6.45, 7) is -0.165. The second-order valence-corrected chi connectivity index (χ2v) is 6.67. The molecular weight excluding hydrogens is 370 g/mol. The fourth-order valence-corrected chi connectivity index (χ4v) is 2.86. The molecule has 2 aromatic heterocycles. The van der Waals surface area contributed by atoms with Gasteiger partial charge in [0.2, 0.25) is 0 Å². The summed E-state index contributed by atoms with van der Waals surface area (Å²) in [7, 11) is 0. The number of hydrogen-bond donors (Lipinski definition) is 2. The van der Waals surface area contributed by atoms with Gasteiger partial charge in [-0.05, 0) is 40.2 Å². The van der Waals surface area contributed by atoms with E-state index in [0.29, 0.717) is 0 Å². The van der Waals surface area contributed by atoms with Gasteiger partial charge in [-0.3, -0.25) is 25.2 Å². The number of carbonyl (C=O) groups excluding carboxylic acids is 2. The molecule has 0 saturated heterocycles. The molecule has 2 heterocycles. The van der Waals surface area contributed by atoms with Crippen molar-refractivity contribution in [1.29, 1.82) is 0 Å². The van der Waals surface area contributed by atoms with Crippen LogP contribution in [0.2, 0.25) is 0 Å². The van der Waals surface area contributed by atoms with Crippen molar-refractivity contribution in [2.45, 2.75) is 6.54 Å². The monoisotopic (exact) mass is 381 g/mol. The van der Waals surface area contributed by atoms with Gasteiger partial charge in [0, 0.05) is 23.2 Å². The molecule has 8 heteroatoms.